The lowest BCUT2D eigenvalue weighted by atomic mass is 10.0. The minimum Gasteiger partial charge on any atom is -0.362 e. The van der Waals surface area contributed by atoms with Crippen LogP contribution < -0.4 is 0 Å². The number of hydrogen-bond acceptors (Lipinski definition) is 3. The molecule has 0 radical (unpaired) electrons. The van der Waals surface area contributed by atoms with Crippen molar-refractivity contribution >= 4 is 23.2 Å². The first-order valence-electron chi connectivity index (χ1n) is 7.64. The number of hydrogen-bond donors (Lipinski definition) is 1. The lowest BCUT2D eigenvalue weighted by Crippen LogP contribution is -2.56. The molecule has 0 fully saturated rings. The molecule has 1 amide bonds. The Balaban J connectivity index is 2.30. The topological polar surface area (TPSA) is 52.9 Å². The van der Waals surface area contributed by atoms with Gasteiger partial charge in [0.15, 0.2) is 0 Å². The number of alkyl halides is 3. The molecular weight excluding hydrogens is 345 g/mol. The number of hydrazone groups is 1. The minimum atomic E-state index is -5.01. The molecule has 1 heterocycles. The van der Waals surface area contributed by atoms with E-state index < -0.39 is 24.2 Å². The van der Waals surface area contributed by atoms with Gasteiger partial charge in [-0.3, -0.25) is 4.79 Å². The van der Waals surface area contributed by atoms with E-state index in [-0.39, 0.29) is 16.3 Å². The maximum atomic E-state index is 13.4. The summed E-state index contributed by atoms with van der Waals surface area (Å²) in [6.07, 6.45) is -3.01. The molecule has 1 atom stereocenters. The molecule has 1 aromatic rings. The highest BCUT2D eigenvalue weighted by molar-refractivity contribution is 6.30. The second kappa shape index (κ2) is 7.11. The van der Waals surface area contributed by atoms with Gasteiger partial charge in [-0.15, -0.1) is 0 Å². The van der Waals surface area contributed by atoms with Gasteiger partial charge in [0.1, 0.15) is 0 Å². The van der Waals surface area contributed by atoms with Gasteiger partial charge in [-0.1, -0.05) is 31.4 Å². The molecule has 0 saturated carbocycles. The van der Waals surface area contributed by atoms with Gasteiger partial charge in [0.2, 0.25) is 0 Å². The van der Waals surface area contributed by atoms with E-state index in [0.29, 0.717) is 17.9 Å². The largest absolute Gasteiger partial charge is 0.438 e. The molecule has 1 N–H and O–H groups in total. The summed E-state index contributed by atoms with van der Waals surface area (Å²) in [5.74, 6) is -1.02. The number of nitrogens with zero attached hydrogens (tertiary/aromatic N) is 2. The summed E-state index contributed by atoms with van der Waals surface area (Å²) >= 11 is 5.72. The summed E-state index contributed by atoms with van der Waals surface area (Å²) in [6, 6.07) is 5.38. The number of carbonyl (C=O) groups excluding carboxylic acids is 1. The molecule has 132 valence electrons. The normalized spacial score (nSPS) is 21.1. The van der Waals surface area contributed by atoms with E-state index in [1.165, 1.54) is 24.3 Å². The second-order valence-electron chi connectivity index (χ2n) is 5.74. The van der Waals surface area contributed by atoms with Crippen molar-refractivity contribution in [3.05, 3.63) is 34.9 Å². The number of halogens is 4. The summed E-state index contributed by atoms with van der Waals surface area (Å²) in [7, 11) is 0. The van der Waals surface area contributed by atoms with Crippen molar-refractivity contribution in [3.63, 3.8) is 0 Å². The Bertz CT molecular complexity index is 631. The van der Waals surface area contributed by atoms with Gasteiger partial charge in [0.25, 0.3) is 11.6 Å². The fourth-order valence-electron chi connectivity index (χ4n) is 2.48. The van der Waals surface area contributed by atoms with E-state index in [0.717, 1.165) is 12.8 Å². The van der Waals surface area contributed by atoms with Crippen molar-refractivity contribution in [1.29, 1.82) is 0 Å². The minimum absolute atomic E-state index is 0.0272. The van der Waals surface area contributed by atoms with Crippen molar-refractivity contribution in [2.45, 2.75) is 50.9 Å². The van der Waals surface area contributed by atoms with Crippen molar-refractivity contribution < 1.29 is 23.1 Å². The average Bonchev–Trinajstić information content (AvgIpc) is 2.85. The maximum absolute atomic E-state index is 13.4. The van der Waals surface area contributed by atoms with Crippen LogP contribution in [0.5, 0.6) is 0 Å². The zero-order valence-electron chi connectivity index (χ0n) is 13.1. The van der Waals surface area contributed by atoms with Crippen molar-refractivity contribution in [2.24, 2.45) is 5.10 Å². The van der Waals surface area contributed by atoms with E-state index in [1.807, 2.05) is 6.92 Å². The van der Waals surface area contributed by atoms with Crippen molar-refractivity contribution in [2.75, 3.05) is 0 Å². The lowest BCUT2D eigenvalue weighted by molar-refractivity contribution is -0.297. The van der Waals surface area contributed by atoms with E-state index >= 15 is 0 Å². The monoisotopic (exact) mass is 362 g/mol. The third-order valence-corrected chi connectivity index (χ3v) is 4.10. The first kappa shape index (κ1) is 18.7. The van der Waals surface area contributed by atoms with Crippen molar-refractivity contribution in [3.8, 4) is 0 Å². The SMILES string of the molecule is CCCCCC1=NN(C(=O)c2ccc(Cl)cc2)[C@](O)(C(F)(F)F)C1. The molecule has 24 heavy (non-hydrogen) atoms. The standard InChI is InChI=1S/C16H18ClF3N2O2/c1-2-3-4-5-13-10-15(24,16(18,19)20)22(21-13)14(23)11-6-8-12(17)9-7-11/h6-9,24H,2-5,10H2,1H3/t15-/m1/s1. The molecule has 1 aromatic carbocycles. The number of unbranched alkanes of at least 4 members (excludes halogenated alkanes) is 2. The van der Waals surface area contributed by atoms with Crippen LogP contribution in [0.4, 0.5) is 13.2 Å². The zero-order chi connectivity index (χ0) is 18.0. The molecule has 0 aromatic heterocycles. The molecular formula is C16H18ClF3N2O2. The highest BCUT2D eigenvalue weighted by Gasteiger charge is 2.63. The Hall–Kier alpha value is -1.60. The number of carbonyl (C=O) groups is 1. The maximum Gasteiger partial charge on any atom is 0.438 e. The molecule has 2 rings (SSSR count). The number of amides is 1. The third kappa shape index (κ3) is 3.72. The Morgan fingerprint density at radius 1 is 1.33 bits per heavy atom. The number of rotatable bonds is 5. The van der Waals surface area contributed by atoms with Crippen LogP contribution in [0.15, 0.2) is 29.4 Å². The molecule has 0 spiro atoms. The van der Waals surface area contributed by atoms with Gasteiger partial charge in [-0.25, -0.2) is 0 Å². The average molecular weight is 363 g/mol. The molecule has 0 aliphatic carbocycles. The van der Waals surface area contributed by atoms with Crippen LogP contribution in [-0.2, 0) is 0 Å². The summed E-state index contributed by atoms with van der Waals surface area (Å²) in [5, 5.41) is 14.4. The van der Waals surface area contributed by atoms with Crippen LogP contribution >= 0.6 is 11.6 Å². The predicted octanol–water partition coefficient (Wildman–Crippen LogP) is 4.37. The fraction of sp³-hybridized carbons (Fsp3) is 0.500. The first-order chi connectivity index (χ1) is 11.2. The molecule has 0 unspecified atom stereocenters. The van der Waals surface area contributed by atoms with Gasteiger partial charge in [0.05, 0.1) is 0 Å². The Morgan fingerprint density at radius 3 is 2.50 bits per heavy atom. The third-order valence-electron chi connectivity index (χ3n) is 3.85. The van der Waals surface area contributed by atoms with Crippen LogP contribution in [0.1, 0.15) is 49.4 Å². The van der Waals surface area contributed by atoms with Crippen LogP contribution in [0.25, 0.3) is 0 Å². The van der Waals surface area contributed by atoms with Crippen LogP contribution in [0.3, 0.4) is 0 Å². The van der Waals surface area contributed by atoms with Gasteiger partial charge in [-0.2, -0.15) is 23.3 Å². The predicted molar refractivity (Wildman–Crippen MR) is 84.8 cm³/mol. The molecule has 8 heteroatoms. The molecule has 4 nitrogen and oxygen atoms in total. The number of benzene rings is 1. The smallest absolute Gasteiger partial charge is 0.362 e. The number of aliphatic hydroxyl groups is 1. The van der Waals surface area contributed by atoms with Crippen LogP contribution in [0.2, 0.25) is 5.02 Å². The fourth-order valence-corrected chi connectivity index (χ4v) is 2.61. The van der Waals surface area contributed by atoms with E-state index in [4.69, 9.17) is 11.6 Å². The van der Waals surface area contributed by atoms with Gasteiger partial charge in [-0.05, 0) is 37.1 Å². The zero-order valence-corrected chi connectivity index (χ0v) is 13.9. The van der Waals surface area contributed by atoms with Crippen molar-refractivity contribution in [1.82, 2.24) is 5.01 Å². The molecule has 1 aliphatic rings. The summed E-state index contributed by atoms with van der Waals surface area (Å²) in [5.41, 5.74) is -3.17. The highest BCUT2D eigenvalue weighted by Crippen LogP contribution is 2.41. The Morgan fingerprint density at radius 2 is 1.96 bits per heavy atom. The quantitative estimate of drug-likeness (QED) is 0.790. The Labute approximate surface area is 142 Å². The summed E-state index contributed by atoms with van der Waals surface area (Å²) < 4.78 is 40.1. The van der Waals surface area contributed by atoms with E-state index in [1.54, 1.807) is 0 Å². The summed E-state index contributed by atoms with van der Waals surface area (Å²) in [6.45, 7) is 1.97. The van der Waals surface area contributed by atoms with Crippen LogP contribution in [0, 0.1) is 0 Å². The lowest BCUT2D eigenvalue weighted by Gasteiger charge is -2.32. The molecule has 1 aliphatic heterocycles. The van der Waals surface area contributed by atoms with Crippen LogP contribution in [-0.4, -0.2) is 33.6 Å². The first-order valence-corrected chi connectivity index (χ1v) is 8.02. The highest BCUT2D eigenvalue weighted by atomic mass is 35.5. The van der Waals surface area contributed by atoms with E-state index in [2.05, 4.69) is 5.10 Å². The summed E-state index contributed by atoms with van der Waals surface area (Å²) in [4.78, 5) is 12.4. The van der Waals surface area contributed by atoms with Gasteiger partial charge < -0.3 is 5.11 Å². The molecule has 0 saturated heterocycles. The Kier molecular flexibility index (Phi) is 5.55. The second-order valence-corrected chi connectivity index (χ2v) is 6.17. The van der Waals surface area contributed by atoms with Gasteiger partial charge in [0, 0.05) is 22.7 Å². The van der Waals surface area contributed by atoms with Gasteiger partial charge >= 0.3 is 6.18 Å². The molecule has 0 bridgehead atoms. The van der Waals surface area contributed by atoms with E-state index in [9.17, 15) is 23.1 Å².